The maximum atomic E-state index is 13.1. The first-order chi connectivity index (χ1) is 19.7. The van der Waals surface area contributed by atoms with Gasteiger partial charge in [0.2, 0.25) is 10.0 Å². The summed E-state index contributed by atoms with van der Waals surface area (Å²) in [6.07, 6.45) is -0.860. The number of nitrogens with zero attached hydrogens (tertiary/aromatic N) is 2. The molecule has 0 saturated heterocycles. The Kier molecular flexibility index (Phi) is 7.86. The maximum Gasteiger partial charge on any atom is 0.338 e. The lowest BCUT2D eigenvalue weighted by Crippen LogP contribution is -2.32. The van der Waals surface area contributed by atoms with Gasteiger partial charge in [0.1, 0.15) is 0 Å². The van der Waals surface area contributed by atoms with Gasteiger partial charge in [0.25, 0.3) is 5.91 Å². The average molecular weight is 567 g/mol. The molecular formula is C31H26N4O5S. The van der Waals surface area contributed by atoms with E-state index in [0.29, 0.717) is 22.4 Å². The summed E-state index contributed by atoms with van der Waals surface area (Å²) in [7, 11) is -3.86. The Balaban J connectivity index is 1.40. The fraction of sp³-hybridized carbons (Fsp3) is 0.0968. The second-order valence-corrected chi connectivity index (χ2v) is 10.8. The van der Waals surface area contributed by atoms with Gasteiger partial charge in [-0.1, -0.05) is 67.6 Å². The number of hydrogen-bond donors (Lipinski definition) is 2. The van der Waals surface area contributed by atoms with Crippen LogP contribution in [0.1, 0.15) is 23.7 Å². The number of benzene rings is 4. The van der Waals surface area contributed by atoms with E-state index in [1.165, 1.54) is 24.3 Å². The van der Waals surface area contributed by atoms with E-state index >= 15 is 0 Å². The second kappa shape index (κ2) is 11.7. The van der Waals surface area contributed by atoms with Gasteiger partial charge in [-0.3, -0.25) is 4.79 Å². The third-order valence-electron chi connectivity index (χ3n) is 6.36. The summed E-state index contributed by atoms with van der Waals surface area (Å²) in [5.74, 6) is -1.24. The van der Waals surface area contributed by atoms with Crippen LogP contribution in [0.15, 0.2) is 108 Å². The standard InChI is InChI=1S/C31H26N4O5S/c1-2-27(30(36)33-23-14-16-24(17-15-23)41(32,38)39)40-31(37)22-13-18-25-26(19-22)35-29(21-11-7-4-8-12-21)28(34-25)20-9-5-3-6-10-20/h3-19,27H,2H2,1H3,(H,33,36)(H2,32,38,39). The number of sulfonamides is 1. The summed E-state index contributed by atoms with van der Waals surface area (Å²) in [6.45, 7) is 1.71. The predicted octanol–water partition coefficient (Wildman–Crippen LogP) is 5.19. The third kappa shape index (κ3) is 6.29. The Morgan fingerprint density at radius 3 is 1.90 bits per heavy atom. The molecule has 5 rings (SSSR count). The van der Waals surface area contributed by atoms with E-state index in [9.17, 15) is 18.0 Å². The van der Waals surface area contributed by atoms with E-state index < -0.39 is 28.0 Å². The molecule has 5 aromatic rings. The Morgan fingerprint density at radius 2 is 1.37 bits per heavy atom. The molecule has 0 aliphatic carbocycles. The maximum absolute atomic E-state index is 13.1. The molecule has 0 radical (unpaired) electrons. The van der Waals surface area contributed by atoms with Gasteiger partial charge in [0.15, 0.2) is 6.10 Å². The predicted molar refractivity (Wildman–Crippen MR) is 156 cm³/mol. The molecule has 0 bridgehead atoms. The molecule has 1 heterocycles. The molecule has 9 nitrogen and oxygen atoms in total. The number of aromatic nitrogens is 2. The number of ether oxygens (including phenoxy) is 1. The topological polar surface area (TPSA) is 141 Å². The number of hydrogen-bond acceptors (Lipinski definition) is 7. The van der Waals surface area contributed by atoms with Gasteiger partial charge < -0.3 is 10.1 Å². The fourth-order valence-corrected chi connectivity index (χ4v) is 4.76. The number of amides is 1. The van der Waals surface area contributed by atoms with Crippen molar-refractivity contribution in [2.24, 2.45) is 5.14 Å². The minimum absolute atomic E-state index is 0.0836. The monoisotopic (exact) mass is 566 g/mol. The Morgan fingerprint density at radius 1 is 0.805 bits per heavy atom. The van der Waals surface area contributed by atoms with Crippen LogP contribution < -0.4 is 10.5 Å². The van der Waals surface area contributed by atoms with E-state index in [0.717, 1.165) is 16.8 Å². The number of fused-ring (bicyclic) bond motifs is 1. The minimum atomic E-state index is -3.86. The molecule has 1 amide bonds. The molecule has 10 heteroatoms. The van der Waals surface area contributed by atoms with E-state index in [-0.39, 0.29) is 16.9 Å². The number of anilines is 1. The summed E-state index contributed by atoms with van der Waals surface area (Å²) in [5, 5.41) is 7.74. The number of esters is 1. The highest BCUT2D eigenvalue weighted by molar-refractivity contribution is 7.89. The first kappa shape index (κ1) is 27.6. The van der Waals surface area contributed by atoms with Crippen molar-refractivity contribution >= 4 is 38.6 Å². The van der Waals surface area contributed by atoms with Crippen molar-refractivity contribution in [1.29, 1.82) is 0 Å². The Hall–Kier alpha value is -4.93. The lowest BCUT2D eigenvalue weighted by Gasteiger charge is -2.16. The van der Waals surface area contributed by atoms with Crippen molar-refractivity contribution < 1.29 is 22.7 Å². The molecule has 0 fully saturated rings. The number of carbonyl (C=O) groups excluding carboxylic acids is 2. The fourth-order valence-electron chi connectivity index (χ4n) is 4.25. The molecule has 0 aliphatic heterocycles. The molecule has 4 aromatic carbocycles. The summed E-state index contributed by atoms with van der Waals surface area (Å²) < 4.78 is 28.5. The average Bonchev–Trinajstić information content (AvgIpc) is 2.99. The van der Waals surface area contributed by atoms with Gasteiger partial charge in [0, 0.05) is 16.8 Å². The van der Waals surface area contributed by atoms with Crippen molar-refractivity contribution in [3.63, 3.8) is 0 Å². The van der Waals surface area contributed by atoms with E-state index in [1.54, 1.807) is 25.1 Å². The summed E-state index contributed by atoms with van der Waals surface area (Å²) in [6, 6.07) is 29.7. The zero-order valence-electron chi connectivity index (χ0n) is 22.0. The SMILES string of the molecule is CCC(OC(=O)c1ccc2nc(-c3ccccc3)c(-c3ccccc3)nc2c1)C(=O)Nc1ccc(S(N)(=O)=O)cc1. The highest BCUT2D eigenvalue weighted by Crippen LogP contribution is 2.31. The van der Waals surface area contributed by atoms with Crippen LogP contribution >= 0.6 is 0 Å². The quantitative estimate of drug-likeness (QED) is 0.246. The van der Waals surface area contributed by atoms with Crippen LogP contribution in [0.3, 0.4) is 0 Å². The molecule has 1 aromatic heterocycles. The molecule has 0 spiro atoms. The highest BCUT2D eigenvalue weighted by Gasteiger charge is 2.23. The normalized spacial score (nSPS) is 12.0. The van der Waals surface area contributed by atoms with E-state index in [4.69, 9.17) is 19.8 Å². The molecule has 41 heavy (non-hydrogen) atoms. The zero-order chi connectivity index (χ0) is 29.0. The number of nitrogens with two attached hydrogens (primary N) is 1. The zero-order valence-corrected chi connectivity index (χ0v) is 22.8. The first-order valence-corrected chi connectivity index (χ1v) is 14.3. The molecule has 0 aliphatic rings. The van der Waals surface area contributed by atoms with Crippen molar-refractivity contribution in [3.8, 4) is 22.5 Å². The smallest absolute Gasteiger partial charge is 0.338 e. The van der Waals surface area contributed by atoms with Gasteiger partial charge in [0.05, 0.1) is 32.9 Å². The van der Waals surface area contributed by atoms with Crippen LogP contribution in [0, 0.1) is 0 Å². The molecule has 1 unspecified atom stereocenters. The van der Waals surface area contributed by atoms with E-state index in [2.05, 4.69) is 5.32 Å². The first-order valence-electron chi connectivity index (χ1n) is 12.8. The number of nitrogens with one attached hydrogen (secondary N) is 1. The van der Waals surface area contributed by atoms with Gasteiger partial charge >= 0.3 is 5.97 Å². The minimum Gasteiger partial charge on any atom is -0.449 e. The summed E-state index contributed by atoms with van der Waals surface area (Å²) >= 11 is 0. The lowest BCUT2D eigenvalue weighted by atomic mass is 10.0. The Bertz CT molecular complexity index is 1830. The Labute approximate surface area is 237 Å². The third-order valence-corrected chi connectivity index (χ3v) is 7.29. The van der Waals surface area contributed by atoms with Crippen molar-refractivity contribution in [2.75, 3.05) is 5.32 Å². The van der Waals surface area contributed by atoms with Crippen LogP contribution in [-0.4, -0.2) is 36.4 Å². The van der Waals surface area contributed by atoms with Crippen molar-refractivity contribution in [3.05, 3.63) is 109 Å². The van der Waals surface area contributed by atoms with Crippen molar-refractivity contribution in [2.45, 2.75) is 24.3 Å². The van der Waals surface area contributed by atoms with Crippen LogP contribution in [0.4, 0.5) is 5.69 Å². The molecule has 1 atom stereocenters. The van der Waals surface area contributed by atoms with E-state index in [1.807, 2.05) is 60.7 Å². The van der Waals surface area contributed by atoms with Crippen LogP contribution in [-0.2, 0) is 19.6 Å². The highest BCUT2D eigenvalue weighted by atomic mass is 32.2. The summed E-state index contributed by atoms with van der Waals surface area (Å²) in [5.41, 5.74) is 4.86. The van der Waals surface area contributed by atoms with Crippen molar-refractivity contribution in [1.82, 2.24) is 9.97 Å². The molecule has 206 valence electrons. The van der Waals surface area contributed by atoms with Gasteiger partial charge in [-0.25, -0.2) is 28.3 Å². The molecule has 0 saturated carbocycles. The number of primary sulfonamides is 1. The number of carbonyl (C=O) groups is 2. The van der Waals surface area contributed by atoms with Crippen LogP contribution in [0.2, 0.25) is 0 Å². The summed E-state index contributed by atoms with van der Waals surface area (Å²) in [4.78, 5) is 35.6. The molecular weight excluding hydrogens is 540 g/mol. The second-order valence-electron chi connectivity index (χ2n) is 9.22. The van der Waals surface area contributed by atoms with Gasteiger partial charge in [-0.05, 0) is 48.9 Å². The van der Waals surface area contributed by atoms with Gasteiger partial charge in [-0.15, -0.1) is 0 Å². The van der Waals surface area contributed by atoms with Gasteiger partial charge in [-0.2, -0.15) is 0 Å². The molecule has 3 N–H and O–H groups in total. The van der Waals surface area contributed by atoms with Crippen LogP contribution in [0.25, 0.3) is 33.5 Å². The largest absolute Gasteiger partial charge is 0.449 e. The number of rotatable bonds is 8. The van der Waals surface area contributed by atoms with Crippen LogP contribution in [0.5, 0.6) is 0 Å². The lowest BCUT2D eigenvalue weighted by molar-refractivity contribution is -0.124.